The number of nitro benzene ring substituents is 1. The van der Waals surface area contributed by atoms with Gasteiger partial charge in [0.05, 0.1) is 10.6 Å². The van der Waals surface area contributed by atoms with Crippen molar-refractivity contribution in [3.05, 3.63) is 39.9 Å². The zero-order valence-corrected chi connectivity index (χ0v) is 14.6. The van der Waals surface area contributed by atoms with Crippen LogP contribution < -0.4 is 5.43 Å². The number of carbonyl (C=O) groups excluding carboxylic acids is 1. The Labute approximate surface area is 143 Å². The zero-order valence-electron chi connectivity index (χ0n) is 14.6. The van der Waals surface area contributed by atoms with Gasteiger partial charge in [0.2, 0.25) is 5.91 Å². The number of amides is 1. The highest BCUT2D eigenvalue weighted by Gasteiger charge is 2.06. The lowest BCUT2D eigenvalue weighted by molar-refractivity contribution is -0.384. The van der Waals surface area contributed by atoms with Crippen LogP contribution in [0.25, 0.3) is 0 Å². The smallest absolute Gasteiger partial charge is 0.269 e. The SMILES string of the molecule is CCCCCCCCCC(=O)NN=C(C)c1ccc([N+](=O)[O-])cc1. The van der Waals surface area contributed by atoms with E-state index in [9.17, 15) is 14.9 Å². The van der Waals surface area contributed by atoms with E-state index in [0.717, 1.165) is 18.4 Å². The molecule has 0 aliphatic carbocycles. The monoisotopic (exact) mass is 333 g/mol. The quantitative estimate of drug-likeness (QED) is 0.278. The molecule has 6 heteroatoms. The van der Waals surface area contributed by atoms with E-state index < -0.39 is 4.92 Å². The Balaban J connectivity index is 2.28. The molecule has 0 heterocycles. The molecule has 0 bridgehead atoms. The Morgan fingerprint density at radius 2 is 1.67 bits per heavy atom. The van der Waals surface area contributed by atoms with E-state index in [1.807, 2.05) is 0 Å². The van der Waals surface area contributed by atoms with Crippen LogP contribution in [0.15, 0.2) is 29.4 Å². The molecule has 6 nitrogen and oxygen atoms in total. The van der Waals surface area contributed by atoms with Crippen molar-refractivity contribution in [2.45, 2.75) is 65.2 Å². The number of rotatable bonds is 11. The van der Waals surface area contributed by atoms with Crippen LogP contribution in [0.5, 0.6) is 0 Å². The van der Waals surface area contributed by atoms with Crippen LogP contribution in [0.2, 0.25) is 0 Å². The Morgan fingerprint density at radius 1 is 1.08 bits per heavy atom. The van der Waals surface area contributed by atoms with Crippen molar-refractivity contribution in [3.8, 4) is 0 Å². The third-order valence-corrected chi connectivity index (χ3v) is 3.85. The Morgan fingerprint density at radius 3 is 2.25 bits per heavy atom. The van der Waals surface area contributed by atoms with E-state index in [2.05, 4.69) is 17.5 Å². The molecule has 1 amide bonds. The third-order valence-electron chi connectivity index (χ3n) is 3.85. The summed E-state index contributed by atoms with van der Waals surface area (Å²) in [6.45, 7) is 3.96. The molecule has 0 fully saturated rings. The maximum Gasteiger partial charge on any atom is 0.269 e. The minimum Gasteiger partial charge on any atom is -0.273 e. The molecule has 0 radical (unpaired) electrons. The van der Waals surface area contributed by atoms with Crippen molar-refractivity contribution >= 4 is 17.3 Å². The van der Waals surface area contributed by atoms with Gasteiger partial charge in [-0.2, -0.15) is 5.10 Å². The summed E-state index contributed by atoms with van der Waals surface area (Å²) in [6.07, 6.45) is 8.66. The second-order valence-electron chi connectivity index (χ2n) is 5.91. The van der Waals surface area contributed by atoms with Crippen LogP contribution in [-0.4, -0.2) is 16.5 Å². The molecule has 0 atom stereocenters. The largest absolute Gasteiger partial charge is 0.273 e. The molecule has 0 aromatic heterocycles. The number of nitrogens with one attached hydrogen (secondary N) is 1. The number of hydrogen-bond donors (Lipinski definition) is 1. The van der Waals surface area contributed by atoms with Gasteiger partial charge in [-0.1, -0.05) is 45.4 Å². The molecule has 24 heavy (non-hydrogen) atoms. The van der Waals surface area contributed by atoms with Crippen LogP contribution in [0.4, 0.5) is 5.69 Å². The minimum absolute atomic E-state index is 0.0366. The lowest BCUT2D eigenvalue weighted by atomic mass is 10.1. The van der Waals surface area contributed by atoms with Crippen molar-refractivity contribution in [2.75, 3.05) is 0 Å². The second-order valence-corrected chi connectivity index (χ2v) is 5.91. The van der Waals surface area contributed by atoms with Crippen molar-refractivity contribution in [1.82, 2.24) is 5.43 Å². The van der Waals surface area contributed by atoms with Gasteiger partial charge in [0, 0.05) is 18.6 Å². The van der Waals surface area contributed by atoms with Crippen LogP contribution >= 0.6 is 0 Å². The van der Waals surface area contributed by atoms with Gasteiger partial charge in [-0.05, 0) is 31.0 Å². The molecule has 1 N–H and O–H groups in total. The molecule has 1 aromatic rings. The first-order chi connectivity index (χ1) is 11.5. The van der Waals surface area contributed by atoms with Crippen molar-refractivity contribution < 1.29 is 9.72 Å². The van der Waals surface area contributed by atoms with Crippen LogP contribution in [0, 0.1) is 10.1 Å². The highest BCUT2D eigenvalue weighted by Crippen LogP contribution is 2.12. The average Bonchev–Trinajstić information content (AvgIpc) is 2.59. The van der Waals surface area contributed by atoms with E-state index in [1.165, 1.54) is 44.2 Å². The number of hydrazone groups is 1. The molecule has 0 spiro atoms. The van der Waals surface area contributed by atoms with Gasteiger partial charge in [-0.3, -0.25) is 14.9 Å². The number of non-ortho nitro benzene ring substituents is 1. The molecule has 0 aliphatic heterocycles. The Bertz CT molecular complexity index is 553. The number of hydrogen-bond acceptors (Lipinski definition) is 4. The maximum atomic E-state index is 11.7. The lowest BCUT2D eigenvalue weighted by Gasteiger charge is -2.03. The number of nitro groups is 1. The highest BCUT2D eigenvalue weighted by molar-refractivity contribution is 5.99. The maximum absolute atomic E-state index is 11.7. The Hall–Kier alpha value is -2.24. The summed E-state index contributed by atoms with van der Waals surface area (Å²) < 4.78 is 0. The van der Waals surface area contributed by atoms with Gasteiger partial charge in [0.25, 0.3) is 5.69 Å². The van der Waals surface area contributed by atoms with Gasteiger partial charge < -0.3 is 0 Å². The highest BCUT2D eigenvalue weighted by atomic mass is 16.6. The summed E-state index contributed by atoms with van der Waals surface area (Å²) >= 11 is 0. The fraction of sp³-hybridized carbons (Fsp3) is 0.556. The fourth-order valence-electron chi connectivity index (χ4n) is 2.33. The minimum atomic E-state index is -0.444. The average molecular weight is 333 g/mol. The van der Waals surface area contributed by atoms with Gasteiger partial charge in [-0.15, -0.1) is 0 Å². The number of benzene rings is 1. The summed E-state index contributed by atoms with van der Waals surface area (Å²) in [5.74, 6) is -0.0928. The molecular formula is C18H27N3O3. The molecule has 0 aliphatic rings. The topological polar surface area (TPSA) is 84.6 Å². The van der Waals surface area contributed by atoms with E-state index in [0.29, 0.717) is 12.1 Å². The molecule has 1 aromatic carbocycles. The van der Waals surface area contributed by atoms with Gasteiger partial charge >= 0.3 is 0 Å². The molecule has 0 saturated heterocycles. The van der Waals surface area contributed by atoms with E-state index >= 15 is 0 Å². The van der Waals surface area contributed by atoms with Crippen LogP contribution in [0.1, 0.15) is 70.8 Å². The van der Waals surface area contributed by atoms with E-state index in [1.54, 1.807) is 19.1 Å². The van der Waals surface area contributed by atoms with E-state index in [4.69, 9.17) is 0 Å². The number of nitrogens with zero attached hydrogens (tertiary/aromatic N) is 2. The standard InChI is InChI=1S/C18H27N3O3/c1-3-4-5-6-7-8-9-10-18(22)20-19-15(2)16-11-13-17(14-12-16)21(23)24/h11-14H,3-10H2,1-2H3,(H,20,22). The first-order valence-electron chi connectivity index (χ1n) is 8.62. The molecule has 1 rings (SSSR count). The predicted molar refractivity (Wildman–Crippen MR) is 96.1 cm³/mol. The van der Waals surface area contributed by atoms with Crippen molar-refractivity contribution in [1.29, 1.82) is 0 Å². The second kappa shape index (κ2) is 11.3. The van der Waals surface area contributed by atoms with Gasteiger partial charge in [0.1, 0.15) is 0 Å². The third kappa shape index (κ3) is 7.85. The number of carbonyl (C=O) groups is 1. The van der Waals surface area contributed by atoms with Crippen LogP contribution in [0.3, 0.4) is 0 Å². The summed E-state index contributed by atoms with van der Waals surface area (Å²) in [4.78, 5) is 21.9. The number of unbranched alkanes of at least 4 members (excludes halogenated alkanes) is 6. The fourth-order valence-corrected chi connectivity index (χ4v) is 2.33. The molecule has 0 unspecified atom stereocenters. The summed E-state index contributed by atoms with van der Waals surface area (Å²) in [5, 5.41) is 14.7. The summed E-state index contributed by atoms with van der Waals surface area (Å²) in [7, 11) is 0. The van der Waals surface area contributed by atoms with Crippen molar-refractivity contribution in [2.24, 2.45) is 5.10 Å². The summed E-state index contributed by atoms with van der Waals surface area (Å²) in [6, 6.07) is 6.10. The van der Waals surface area contributed by atoms with E-state index in [-0.39, 0.29) is 11.6 Å². The first kappa shape index (κ1) is 19.8. The van der Waals surface area contributed by atoms with Crippen LogP contribution in [-0.2, 0) is 4.79 Å². The molecular weight excluding hydrogens is 306 g/mol. The van der Waals surface area contributed by atoms with Gasteiger partial charge in [-0.25, -0.2) is 5.43 Å². The lowest BCUT2D eigenvalue weighted by Crippen LogP contribution is -2.18. The Kier molecular flexibility index (Phi) is 9.34. The first-order valence-corrected chi connectivity index (χ1v) is 8.62. The van der Waals surface area contributed by atoms with Gasteiger partial charge in [0.15, 0.2) is 0 Å². The zero-order chi connectivity index (χ0) is 17.8. The molecule has 0 saturated carbocycles. The summed E-state index contributed by atoms with van der Waals surface area (Å²) in [5.41, 5.74) is 3.95. The molecule has 132 valence electrons. The predicted octanol–water partition coefficient (Wildman–Crippen LogP) is 4.58. The normalized spacial score (nSPS) is 11.3. The van der Waals surface area contributed by atoms with Crippen molar-refractivity contribution in [3.63, 3.8) is 0 Å².